The zero-order valence-corrected chi connectivity index (χ0v) is 16.3. The molecule has 152 valence electrons. The fourth-order valence-corrected chi connectivity index (χ4v) is 3.59. The van der Waals surface area contributed by atoms with E-state index >= 15 is 0 Å². The van der Waals surface area contributed by atoms with Crippen LogP contribution in [-0.2, 0) is 19.1 Å². The van der Waals surface area contributed by atoms with E-state index < -0.39 is 30.1 Å². The first-order valence-corrected chi connectivity index (χ1v) is 9.37. The molecule has 2 aromatic carbocycles. The van der Waals surface area contributed by atoms with Crippen molar-refractivity contribution < 1.29 is 29.0 Å². The number of hydrogen-bond donors (Lipinski definition) is 2. The molecular formula is C22H23NO6. The summed E-state index contributed by atoms with van der Waals surface area (Å²) >= 11 is 0. The SMILES string of the molecule is CC(=O)OC(C(=O)O)C(C)CNC(=O)OCC1c2ccccc2-c2ccccc21. The van der Waals surface area contributed by atoms with E-state index in [1.54, 1.807) is 6.92 Å². The Kier molecular flexibility index (Phi) is 6.16. The highest BCUT2D eigenvalue weighted by Crippen LogP contribution is 2.44. The number of fused-ring (bicyclic) bond motifs is 3. The van der Waals surface area contributed by atoms with Gasteiger partial charge in [0.2, 0.25) is 6.10 Å². The second kappa shape index (κ2) is 8.77. The van der Waals surface area contributed by atoms with Crippen LogP contribution in [0.15, 0.2) is 48.5 Å². The molecule has 0 saturated heterocycles. The second-order valence-corrected chi connectivity index (χ2v) is 7.05. The molecule has 2 unspecified atom stereocenters. The molecule has 3 rings (SSSR count). The van der Waals surface area contributed by atoms with Crippen LogP contribution in [0.3, 0.4) is 0 Å². The molecule has 2 N–H and O–H groups in total. The molecule has 0 radical (unpaired) electrons. The molecule has 0 fully saturated rings. The maximum atomic E-state index is 12.2. The van der Waals surface area contributed by atoms with Crippen LogP contribution in [0, 0.1) is 5.92 Å². The lowest BCUT2D eigenvalue weighted by Crippen LogP contribution is -2.40. The number of nitrogens with one attached hydrogen (secondary N) is 1. The number of carboxylic acid groups (broad SMARTS) is 1. The van der Waals surface area contributed by atoms with Gasteiger partial charge in [-0.05, 0) is 22.3 Å². The van der Waals surface area contributed by atoms with Crippen LogP contribution < -0.4 is 5.32 Å². The molecule has 0 bridgehead atoms. The molecule has 2 aromatic rings. The fraction of sp³-hybridized carbons (Fsp3) is 0.318. The summed E-state index contributed by atoms with van der Waals surface area (Å²) in [6.45, 7) is 2.88. The van der Waals surface area contributed by atoms with Crippen molar-refractivity contribution in [3.8, 4) is 11.1 Å². The summed E-state index contributed by atoms with van der Waals surface area (Å²) in [7, 11) is 0. The Morgan fingerprint density at radius 2 is 1.59 bits per heavy atom. The van der Waals surface area contributed by atoms with Crippen LogP contribution >= 0.6 is 0 Å². The molecule has 2 atom stereocenters. The molecule has 0 heterocycles. The number of aliphatic carboxylic acids is 1. The molecule has 0 aromatic heterocycles. The van der Waals surface area contributed by atoms with Gasteiger partial charge in [-0.3, -0.25) is 4.79 Å². The van der Waals surface area contributed by atoms with Gasteiger partial charge >= 0.3 is 18.0 Å². The van der Waals surface area contributed by atoms with Crippen LogP contribution in [0.5, 0.6) is 0 Å². The number of amides is 1. The summed E-state index contributed by atoms with van der Waals surface area (Å²) in [6, 6.07) is 16.0. The molecule has 7 heteroatoms. The average Bonchev–Trinajstić information content (AvgIpc) is 3.02. The van der Waals surface area contributed by atoms with Gasteiger partial charge in [0.15, 0.2) is 0 Å². The van der Waals surface area contributed by atoms with E-state index in [9.17, 15) is 14.4 Å². The van der Waals surface area contributed by atoms with Crippen molar-refractivity contribution in [3.63, 3.8) is 0 Å². The highest BCUT2D eigenvalue weighted by molar-refractivity contribution is 5.79. The number of carbonyl (C=O) groups excluding carboxylic acids is 2. The molecule has 1 aliphatic rings. The summed E-state index contributed by atoms with van der Waals surface area (Å²) in [6.07, 6.45) is -1.98. The van der Waals surface area contributed by atoms with Gasteiger partial charge in [0, 0.05) is 25.3 Å². The quantitative estimate of drug-likeness (QED) is 0.696. The summed E-state index contributed by atoms with van der Waals surface area (Å²) in [4.78, 5) is 34.4. The van der Waals surface area contributed by atoms with E-state index in [4.69, 9.17) is 14.6 Å². The summed E-state index contributed by atoms with van der Waals surface area (Å²) < 4.78 is 10.2. The monoisotopic (exact) mass is 397 g/mol. The zero-order valence-electron chi connectivity index (χ0n) is 16.3. The number of carbonyl (C=O) groups is 3. The first-order chi connectivity index (χ1) is 13.9. The number of carboxylic acids is 1. The predicted molar refractivity (Wildman–Crippen MR) is 105 cm³/mol. The van der Waals surface area contributed by atoms with E-state index in [0.717, 1.165) is 29.2 Å². The first-order valence-electron chi connectivity index (χ1n) is 9.37. The van der Waals surface area contributed by atoms with Gasteiger partial charge in [0.1, 0.15) is 6.61 Å². The van der Waals surface area contributed by atoms with Crippen molar-refractivity contribution in [1.29, 1.82) is 0 Å². The molecule has 7 nitrogen and oxygen atoms in total. The predicted octanol–water partition coefficient (Wildman–Crippen LogP) is 3.18. The zero-order chi connectivity index (χ0) is 21.0. The molecule has 1 aliphatic carbocycles. The van der Waals surface area contributed by atoms with Crippen LogP contribution in [0.2, 0.25) is 0 Å². The molecule has 0 saturated carbocycles. The fourth-order valence-electron chi connectivity index (χ4n) is 3.59. The highest BCUT2D eigenvalue weighted by Gasteiger charge is 2.30. The lowest BCUT2D eigenvalue weighted by Gasteiger charge is -2.20. The van der Waals surface area contributed by atoms with Crippen molar-refractivity contribution in [2.45, 2.75) is 25.9 Å². The third-order valence-corrected chi connectivity index (χ3v) is 4.97. The van der Waals surface area contributed by atoms with Gasteiger partial charge < -0.3 is 19.9 Å². The van der Waals surface area contributed by atoms with E-state index in [-0.39, 0.29) is 19.1 Å². The van der Waals surface area contributed by atoms with Gasteiger partial charge in [0.25, 0.3) is 0 Å². The van der Waals surface area contributed by atoms with Gasteiger partial charge in [-0.25, -0.2) is 9.59 Å². The van der Waals surface area contributed by atoms with Gasteiger partial charge in [-0.2, -0.15) is 0 Å². The third kappa shape index (κ3) is 4.56. The van der Waals surface area contributed by atoms with E-state index in [0.29, 0.717) is 0 Å². The Hall–Kier alpha value is -3.35. The lowest BCUT2D eigenvalue weighted by molar-refractivity contribution is -0.165. The summed E-state index contributed by atoms with van der Waals surface area (Å²) in [5.74, 6) is -2.62. The topological polar surface area (TPSA) is 102 Å². The maximum Gasteiger partial charge on any atom is 0.407 e. The number of hydrogen-bond acceptors (Lipinski definition) is 5. The van der Waals surface area contributed by atoms with E-state index in [1.807, 2.05) is 36.4 Å². The van der Waals surface area contributed by atoms with Gasteiger partial charge in [-0.1, -0.05) is 55.5 Å². The number of rotatable bonds is 7. The Balaban J connectivity index is 1.59. The van der Waals surface area contributed by atoms with Gasteiger partial charge in [-0.15, -0.1) is 0 Å². The molecule has 29 heavy (non-hydrogen) atoms. The highest BCUT2D eigenvalue weighted by atomic mass is 16.6. The number of benzene rings is 2. The third-order valence-electron chi connectivity index (χ3n) is 4.97. The van der Waals surface area contributed by atoms with Crippen LogP contribution in [0.25, 0.3) is 11.1 Å². The number of alkyl carbamates (subject to hydrolysis) is 1. The first kappa shape index (κ1) is 20.4. The minimum absolute atomic E-state index is 0.000913. The van der Waals surface area contributed by atoms with Crippen molar-refractivity contribution in [2.24, 2.45) is 5.92 Å². The number of ether oxygens (including phenoxy) is 2. The Morgan fingerprint density at radius 3 is 2.10 bits per heavy atom. The molecule has 1 amide bonds. The maximum absolute atomic E-state index is 12.2. The van der Waals surface area contributed by atoms with Crippen molar-refractivity contribution in [2.75, 3.05) is 13.2 Å². The summed E-state index contributed by atoms with van der Waals surface area (Å²) in [5, 5.41) is 11.7. The normalized spacial score (nSPS) is 14.3. The average molecular weight is 397 g/mol. The van der Waals surface area contributed by atoms with Crippen LogP contribution in [0.1, 0.15) is 30.9 Å². The van der Waals surface area contributed by atoms with Crippen LogP contribution in [0.4, 0.5) is 4.79 Å². The Morgan fingerprint density at radius 1 is 1.03 bits per heavy atom. The molecule has 0 spiro atoms. The Bertz CT molecular complexity index is 880. The van der Waals surface area contributed by atoms with E-state index in [1.165, 1.54) is 0 Å². The molecule has 0 aliphatic heterocycles. The largest absolute Gasteiger partial charge is 0.478 e. The Labute approximate surface area is 168 Å². The van der Waals surface area contributed by atoms with Gasteiger partial charge in [0.05, 0.1) is 0 Å². The lowest BCUT2D eigenvalue weighted by atomic mass is 9.98. The second-order valence-electron chi connectivity index (χ2n) is 7.05. The molecular weight excluding hydrogens is 374 g/mol. The standard InChI is InChI=1S/C22H23NO6/c1-13(20(21(25)26)29-14(2)24)11-23-22(27)28-12-19-17-9-5-3-7-15(17)16-8-4-6-10-18(16)19/h3-10,13,19-20H,11-12H2,1-2H3,(H,23,27)(H,25,26). The van der Waals surface area contributed by atoms with Crippen molar-refractivity contribution in [3.05, 3.63) is 59.7 Å². The number of esters is 1. The minimum atomic E-state index is -1.33. The van der Waals surface area contributed by atoms with Crippen molar-refractivity contribution in [1.82, 2.24) is 5.32 Å². The summed E-state index contributed by atoms with van der Waals surface area (Å²) in [5.41, 5.74) is 4.49. The van der Waals surface area contributed by atoms with E-state index in [2.05, 4.69) is 17.4 Å². The smallest absolute Gasteiger partial charge is 0.407 e. The van der Waals surface area contributed by atoms with Crippen molar-refractivity contribution >= 4 is 18.0 Å². The van der Waals surface area contributed by atoms with Crippen LogP contribution in [-0.4, -0.2) is 42.4 Å². The minimum Gasteiger partial charge on any atom is -0.478 e.